The average molecular weight is 423 g/mol. The molecule has 11 heteroatoms. The minimum Gasteiger partial charge on any atom is -0.406 e. The van der Waals surface area contributed by atoms with Crippen molar-refractivity contribution < 1.29 is 27.1 Å². The zero-order valence-corrected chi connectivity index (χ0v) is 15.9. The van der Waals surface area contributed by atoms with Gasteiger partial charge in [-0.2, -0.15) is 4.98 Å². The molecule has 1 N–H and O–H groups in total. The van der Waals surface area contributed by atoms with Crippen LogP contribution in [-0.2, 0) is 11.3 Å². The number of nitrogens with zero attached hydrogens (tertiary/aromatic N) is 4. The number of nitrogens with one attached hydrogen (secondary N) is 1. The first-order valence-electron chi connectivity index (χ1n) is 8.66. The van der Waals surface area contributed by atoms with Gasteiger partial charge < -0.3 is 15.0 Å². The number of hydrogen-bond donors (Lipinski definition) is 1. The van der Waals surface area contributed by atoms with Crippen LogP contribution in [0, 0.1) is 5.82 Å². The molecule has 0 spiro atoms. The maximum atomic E-state index is 14.1. The Morgan fingerprint density at radius 2 is 1.90 bits per heavy atom. The van der Waals surface area contributed by atoms with E-state index >= 15 is 0 Å². The summed E-state index contributed by atoms with van der Waals surface area (Å²) >= 11 is 0. The van der Waals surface area contributed by atoms with Crippen molar-refractivity contribution in [3.63, 3.8) is 0 Å². The Morgan fingerprint density at radius 3 is 2.50 bits per heavy atom. The fourth-order valence-corrected chi connectivity index (χ4v) is 2.65. The van der Waals surface area contributed by atoms with E-state index in [0.29, 0.717) is 23.7 Å². The Labute approximate surface area is 168 Å². The molecule has 2 aromatic carbocycles. The minimum absolute atomic E-state index is 0.0919. The topological polar surface area (TPSA) is 72.3 Å². The van der Waals surface area contributed by atoms with Crippen LogP contribution in [0.5, 0.6) is 5.75 Å². The SMILES string of the molecule is CC(=O)Nc1ccc(CN(C)c2ncn(-c3ccc(OC(F)(F)F)cc3)n2)cc1F. The van der Waals surface area contributed by atoms with Gasteiger partial charge in [0.25, 0.3) is 0 Å². The van der Waals surface area contributed by atoms with Gasteiger partial charge in [-0.1, -0.05) is 6.07 Å². The predicted octanol–water partition coefficient (Wildman–Crippen LogP) is 3.90. The molecule has 0 atom stereocenters. The second-order valence-corrected chi connectivity index (χ2v) is 6.38. The molecule has 0 saturated heterocycles. The molecule has 0 unspecified atom stereocenters. The van der Waals surface area contributed by atoms with E-state index in [2.05, 4.69) is 20.1 Å². The standard InChI is InChI=1S/C19H17F4N5O2/c1-12(29)25-17-8-3-13(9-16(17)20)10-27(2)18-24-11-28(26-18)14-4-6-15(7-5-14)30-19(21,22)23/h3-9,11H,10H2,1-2H3,(H,25,29). The molecule has 0 fully saturated rings. The van der Waals surface area contributed by atoms with E-state index in [9.17, 15) is 22.4 Å². The number of hydrogen-bond acceptors (Lipinski definition) is 5. The van der Waals surface area contributed by atoms with Gasteiger partial charge in [0.05, 0.1) is 11.4 Å². The predicted molar refractivity (Wildman–Crippen MR) is 101 cm³/mol. The van der Waals surface area contributed by atoms with Gasteiger partial charge in [0, 0.05) is 20.5 Å². The molecule has 3 rings (SSSR count). The van der Waals surface area contributed by atoms with Crippen LogP contribution in [0.2, 0.25) is 0 Å². The van der Waals surface area contributed by atoms with Crippen molar-refractivity contribution in [2.45, 2.75) is 19.8 Å². The normalized spacial score (nSPS) is 11.3. The third-order valence-electron chi connectivity index (χ3n) is 3.92. The Bertz CT molecular complexity index is 1030. The summed E-state index contributed by atoms with van der Waals surface area (Å²) in [6.45, 7) is 1.58. The number of alkyl halides is 3. The van der Waals surface area contributed by atoms with Crippen molar-refractivity contribution in [1.29, 1.82) is 0 Å². The van der Waals surface area contributed by atoms with Gasteiger partial charge in [-0.3, -0.25) is 4.79 Å². The lowest BCUT2D eigenvalue weighted by Crippen LogP contribution is -2.18. The van der Waals surface area contributed by atoms with Crippen molar-refractivity contribution in [3.05, 3.63) is 60.2 Å². The third-order valence-corrected chi connectivity index (χ3v) is 3.92. The van der Waals surface area contributed by atoms with E-state index in [1.807, 2.05) is 0 Å². The van der Waals surface area contributed by atoms with Gasteiger partial charge in [0.15, 0.2) is 0 Å². The summed E-state index contributed by atoms with van der Waals surface area (Å²) < 4.78 is 56.0. The number of anilines is 2. The van der Waals surface area contributed by atoms with Crippen molar-refractivity contribution in [3.8, 4) is 11.4 Å². The fourth-order valence-electron chi connectivity index (χ4n) is 2.65. The highest BCUT2D eigenvalue weighted by molar-refractivity contribution is 5.88. The summed E-state index contributed by atoms with van der Waals surface area (Å²) in [6, 6.07) is 9.61. The smallest absolute Gasteiger partial charge is 0.406 e. The van der Waals surface area contributed by atoms with Gasteiger partial charge in [0.1, 0.15) is 17.9 Å². The Balaban J connectivity index is 1.68. The molecule has 0 saturated carbocycles. The molecule has 1 heterocycles. The largest absolute Gasteiger partial charge is 0.573 e. The van der Waals surface area contributed by atoms with Crippen LogP contribution >= 0.6 is 0 Å². The summed E-state index contributed by atoms with van der Waals surface area (Å²) in [5, 5.41) is 6.67. The lowest BCUT2D eigenvalue weighted by atomic mass is 10.2. The lowest BCUT2D eigenvalue weighted by Gasteiger charge is -2.15. The summed E-state index contributed by atoms with van der Waals surface area (Å²) in [6.07, 6.45) is -3.35. The van der Waals surface area contributed by atoms with E-state index in [1.165, 1.54) is 54.3 Å². The second kappa shape index (κ2) is 8.39. The van der Waals surface area contributed by atoms with E-state index < -0.39 is 12.2 Å². The van der Waals surface area contributed by atoms with E-state index in [1.54, 1.807) is 18.0 Å². The van der Waals surface area contributed by atoms with Gasteiger partial charge in [-0.15, -0.1) is 18.3 Å². The summed E-state index contributed by atoms with van der Waals surface area (Å²) in [7, 11) is 1.71. The second-order valence-electron chi connectivity index (χ2n) is 6.38. The molecule has 3 aromatic rings. The number of aromatic nitrogens is 3. The zero-order chi connectivity index (χ0) is 21.9. The van der Waals surface area contributed by atoms with E-state index in [4.69, 9.17) is 0 Å². The van der Waals surface area contributed by atoms with E-state index in [-0.39, 0.29) is 17.3 Å². The Kier molecular flexibility index (Phi) is 5.90. The van der Waals surface area contributed by atoms with Gasteiger partial charge in [0.2, 0.25) is 11.9 Å². The molecular formula is C19H17F4N5O2. The molecular weight excluding hydrogens is 406 g/mol. The maximum absolute atomic E-state index is 14.1. The molecule has 1 amide bonds. The number of benzene rings is 2. The first-order valence-corrected chi connectivity index (χ1v) is 8.66. The maximum Gasteiger partial charge on any atom is 0.573 e. The van der Waals surface area contributed by atoms with Crippen LogP contribution in [0.3, 0.4) is 0 Å². The van der Waals surface area contributed by atoms with Crippen LogP contribution in [0.25, 0.3) is 5.69 Å². The fraction of sp³-hybridized carbons (Fsp3) is 0.211. The number of ether oxygens (including phenoxy) is 1. The molecule has 1 aromatic heterocycles. The first-order chi connectivity index (χ1) is 14.1. The Hall–Kier alpha value is -3.63. The highest BCUT2D eigenvalue weighted by atomic mass is 19.4. The van der Waals surface area contributed by atoms with Gasteiger partial charge in [-0.25, -0.2) is 9.07 Å². The molecule has 0 bridgehead atoms. The molecule has 0 aliphatic carbocycles. The van der Waals surface area contributed by atoms with Crippen LogP contribution in [0.15, 0.2) is 48.8 Å². The third kappa shape index (κ3) is 5.46. The van der Waals surface area contributed by atoms with Crippen LogP contribution < -0.4 is 15.0 Å². The van der Waals surface area contributed by atoms with Crippen molar-refractivity contribution in [1.82, 2.24) is 14.8 Å². The van der Waals surface area contributed by atoms with Crippen LogP contribution in [-0.4, -0.2) is 34.1 Å². The van der Waals surface area contributed by atoms with Crippen molar-refractivity contribution >= 4 is 17.5 Å². The highest BCUT2D eigenvalue weighted by Crippen LogP contribution is 2.24. The van der Waals surface area contributed by atoms with E-state index in [0.717, 1.165) is 0 Å². The van der Waals surface area contributed by atoms with Gasteiger partial charge >= 0.3 is 6.36 Å². The molecule has 0 aliphatic rings. The van der Waals surface area contributed by atoms with Crippen molar-refractivity contribution in [2.75, 3.05) is 17.3 Å². The molecule has 30 heavy (non-hydrogen) atoms. The quantitative estimate of drug-likeness (QED) is 0.609. The number of rotatable bonds is 6. The molecule has 7 nitrogen and oxygen atoms in total. The summed E-state index contributed by atoms with van der Waals surface area (Å²) in [5.41, 5.74) is 1.21. The molecule has 0 aliphatic heterocycles. The molecule has 158 valence electrons. The number of carbonyl (C=O) groups is 1. The minimum atomic E-state index is -4.76. The highest BCUT2D eigenvalue weighted by Gasteiger charge is 2.31. The Morgan fingerprint density at radius 1 is 1.20 bits per heavy atom. The summed E-state index contributed by atoms with van der Waals surface area (Å²) in [4.78, 5) is 16.9. The van der Waals surface area contributed by atoms with Crippen LogP contribution in [0.4, 0.5) is 29.2 Å². The summed E-state index contributed by atoms with van der Waals surface area (Å²) in [5.74, 6) is -0.937. The first kappa shape index (κ1) is 21.1. The molecule has 0 radical (unpaired) electrons. The zero-order valence-electron chi connectivity index (χ0n) is 15.9. The van der Waals surface area contributed by atoms with Crippen molar-refractivity contribution in [2.24, 2.45) is 0 Å². The monoisotopic (exact) mass is 423 g/mol. The van der Waals surface area contributed by atoms with Gasteiger partial charge in [-0.05, 0) is 42.0 Å². The number of carbonyl (C=O) groups excluding carboxylic acids is 1. The average Bonchev–Trinajstić information content (AvgIpc) is 3.13. The number of halogens is 4. The lowest BCUT2D eigenvalue weighted by molar-refractivity contribution is -0.274. The van der Waals surface area contributed by atoms with Crippen LogP contribution in [0.1, 0.15) is 12.5 Å². The number of amides is 1.